The highest BCUT2D eigenvalue weighted by Crippen LogP contribution is 2.64. The molecular formula is C70H51N. The fraction of sp³-hybridized carbons (Fsp3) is 0.0857. The smallest absolute Gasteiger partial charge is 0.0726 e. The fourth-order valence-corrected chi connectivity index (χ4v) is 13.4. The lowest BCUT2D eigenvalue weighted by atomic mass is 9.70. The Balaban J connectivity index is 1.12. The van der Waals surface area contributed by atoms with E-state index < -0.39 is 5.41 Å². The van der Waals surface area contributed by atoms with Gasteiger partial charge in [-0.1, -0.05) is 250 Å². The second-order valence-electron chi connectivity index (χ2n) is 20.3. The van der Waals surface area contributed by atoms with Crippen LogP contribution in [0.5, 0.6) is 0 Å². The molecule has 0 bridgehead atoms. The van der Waals surface area contributed by atoms with Crippen LogP contribution in [-0.2, 0) is 10.8 Å². The van der Waals surface area contributed by atoms with Gasteiger partial charge in [-0.2, -0.15) is 0 Å². The average Bonchev–Trinajstić information content (AvgIpc) is 4.01. The van der Waals surface area contributed by atoms with E-state index in [-0.39, 0.29) is 11.3 Å². The molecule has 0 aliphatic heterocycles. The van der Waals surface area contributed by atoms with Gasteiger partial charge in [-0.05, 0) is 125 Å². The van der Waals surface area contributed by atoms with E-state index in [2.05, 4.69) is 280 Å². The van der Waals surface area contributed by atoms with Crippen molar-refractivity contribution in [2.45, 2.75) is 30.6 Å². The van der Waals surface area contributed by atoms with Crippen LogP contribution in [0.1, 0.15) is 53.1 Å². The predicted molar refractivity (Wildman–Crippen MR) is 297 cm³/mol. The Hall–Kier alpha value is -8.52. The minimum Gasteiger partial charge on any atom is -0.309 e. The zero-order valence-electron chi connectivity index (χ0n) is 39.9. The first-order valence-electron chi connectivity index (χ1n) is 25.2. The van der Waals surface area contributed by atoms with Crippen LogP contribution >= 0.6 is 0 Å². The second-order valence-corrected chi connectivity index (χ2v) is 20.3. The number of anilines is 3. The molecule has 1 nitrogen and oxygen atoms in total. The second kappa shape index (κ2) is 16.0. The molecule has 0 radical (unpaired) electrons. The Kier molecular flexibility index (Phi) is 9.35. The standard InChI is InChI=1S/C70H51N/c1-69(2)58-36-16-15-32-56(58)67-57(35-20-40-62(67)69)68-51(47-25-8-4-9-26-47)34-22-42-65(68)71(64-41-21-33-50(46-23-6-3-7-24-46)66(64)48-27-10-5-11-28-48)49-43-44-55-54-31-14-19-39-61(54)70(63(55)45-49)59-37-17-12-29-52(59)53-30-13-18-38-60(53)70/h3-45,56,58H,1-2H3. The van der Waals surface area contributed by atoms with Gasteiger partial charge in [0.05, 0.1) is 16.8 Å². The van der Waals surface area contributed by atoms with Gasteiger partial charge in [0.15, 0.2) is 0 Å². The van der Waals surface area contributed by atoms with Crippen molar-refractivity contribution in [3.63, 3.8) is 0 Å². The molecule has 1 spiro atoms. The molecule has 4 aliphatic rings. The third kappa shape index (κ3) is 5.99. The lowest BCUT2D eigenvalue weighted by Gasteiger charge is -2.34. The van der Waals surface area contributed by atoms with Gasteiger partial charge in [0.2, 0.25) is 0 Å². The third-order valence-electron chi connectivity index (χ3n) is 16.4. The van der Waals surface area contributed by atoms with Crippen molar-refractivity contribution in [3.8, 4) is 66.8 Å². The zero-order valence-corrected chi connectivity index (χ0v) is 39.9. The summed E-state index contributed by atoms with van der Waals surface area (Å²) in [6, 6.07) is 88.8. The normalized spacial score (nSPS) is 16.7. The Morgan fingerprint density at radius 1 is 0.338 bits per heavy atom. The monoisotopic (exact) mass is 905 g/mol. The van der Waals surface area contributed by atoms with Gasteiger partial charge in [0, 0.05) is 22.7 Å². The van der Waals surface area contributed by atoms with Crippen LogP contribution < -0.4 is 4.90 Å². The number of fused-ring (bicyclic) bond motifs is 13. The number of rotatable bonds is 7. The predicted octanol–water partition coefficient (Wildman–Crippen LogP) is 18.3. The molecule has 71 heavy (non-hydrogen) atoms. The quantitative estimate of drug-likeness (QED) is 0.154. The van der Waals surface area contributed by atoms with Crippen LogP contribution in [0.25, 0.3) is 66.8 Å². The fourth-order valence-electron chi connectivity index (χ4n) is 13.4. The maximum Gasteiger partial charge on any atom is 0.0726 e. The van der Waals surface area contributed by atoms with Gasteiger partial charge in [-0.25, -0.2) is 0 Å². The van der Waals surface area contributed by atoms with Crippen molar-refractivity contribution in [3.05, 3.63) is 294 Å². The van der Waals surface area contributed by atoms with Crippen LogP contribution in [0.3, 0.4) is 0 Å². The average molecular weight is 906 g/mol. The van der Waals surface area contributed by atoms with Gasteiger partial charge in [-0.3, -0.25) is 0 Å². The summed E-state index contributed by atoms with van der Waals surface area (Å²) in [6.07, 6.45) is 9.42. The maximum atomic E-state index is 2.62. The number of allylic oxidation sites excluding steroid dienone is 4. The van der Waals surface area contributed by atoms with E-state index in [9.17, 15) is 0 Å². The van der Waals surface area contributed by atoms with Crippen molar-refractivity contribution in [2.75, 3.05) is 4.90 Å². The van der Waals surface area contributed by atoms with E-state index in [1.54, 1.807) is 0 Å². The van der Waals surface area contributed by atoms with Gasteiger partial charge < -0.3 is 4.90 Å². The van der Waals surface area contributed by atoms with E-state index in [1.807, 2.05) is 0 Å². The highest BCUT2D eigenvalue weighted by Gasteiger charge is 2.52. The summed E-state index contributed by atoms with van der Waals surface area (Å²) in [5.41, 5.74) is 25.8. The van der Waals surface area contributed by atoms with E-state index in [0.29, 0.717) is 5.92 Å². The molecule has 0 N–H and O–H groups in total. The Morgan fingerprint density at radius 2 is 0.775 bits per heavy atom. The highest BCUT2D eigenvalue weighted by atomic mass is 15.1. The molecule has 4 aliphatic carbocycles. The number of nitrogens with zero attached hydrogens (tertiary/aromatic N) is 1. The van der Waals surface area contributed by atoms with Crippen molar-refractivity contribution < 1.29 is 0 Å². The van der Waals surface area contributed by atoms with Crippen LogP contribution in [0.15, 0.2) is 261 Å². The Labute approximate surface area is 417 Å². The summed E-state index contributed by atoms with van der Waals surface area (Å²) >= 11 is 0. The highest BCUT2D eigenvalue weighted by molar-refractivity contribution is 6.04. The summed E-state index contributed by atoms with van der Waals surface area (Å²) in [5, 5.41) is 0. The largest absolute Gasteiger partial charge is 0.309 e. The van der Waals surface area contributed by atoms with Crippen molar-refractivity contribution in [1.82, 2.24) is 0 Å². The first-order chi connectivity index (χ1) is 35.0. The van der Waals surface area contributed by atoms with E-state index in [4.69, 9.17) is 0 Å². The summed E-state index contributed by atoms with van der Waals surface area (Å²) in [4.78, 5) is 2.62. The minimum atomic E-state index is -0.509. The number of hydrogen-bond acceptors (Lipinski definition) is 1. The number of benzene rings is 10. The van der Waals surface area contributed by atoms with E-state index in [0.717, 1.165) is 17.1 Å². The molecular weight excluding hydrogens is 855 g/mol. The molecule has 0 fully saturated rings. The first kappa shape index (κ1) is 41.5. The van der Waals surface area contributed by atoms with Crippen LogP contribution in [0.4, 0.5) is 17.1 Å². The Bertz CT molecular complexity index is 3740. The molecule has 0 heterocycles. The van der Waals surface area contributed by atoms with Crippen LogP contribution in [-0.4, -0.2) is 0 Å². The SMILES string of the molecule is CC1(C)c2cccc(-c3c(-c4ccccc4)cccc3N(c3ccc4c(c3)C3(c5ccccc5-c5ccccc53)c3ccccc3-4)c3cccc(-c4ccccc4)c3-c3ccccc3)c2C2C=CC=CC21. The summed E-state index contributed by atoms with van der Waals surface area (Å²) in [5.74, 6) is 0.597. The molecule has 0 saturated heterocycles. The maximum absolute atomic E-state index is 2.62. The third-order valence-corrected chi connectivity index (χ3v) is 16.4. The van der Waals surface area contributed by atoms with Crippen molar-refractivity contribution in [1.29, 1.82) is 0 Å². The zero-order chi connectivity index (χ0) is 47.3. The van der Waals surface area contributed by atoms with Crippen LogP contribution in [0, 0.1) is 5.92 Å². The van der Waals surface area contributed by atoms with Crippen molar-refractivity contribution in [2.24, 2.45) is 5.92 Å². The summed E-state index contributed by atoms with van der Waals surface area (Å²) in [6.45, 7) is 4.89. The van der Waals surface area contributed by atoms with E-state index in [1.165, 1.54) is 100 Å². The molecule has 0 aromatic heterocycles. The van der Waals surface area contributed by atoms with Crippen molar-refractivity contribution >= 4 is 17.1 Å². The van der Waals surface area contributed by atoms with E-state index >= 15 is 0 Å². The van der Waals surface area contributed by atoms with Crippen LogP contribution in [0.2, 0.25) is 0 Å². The van der Waals surface area contributed by atoms with Gasteiger partial charge >= 0.3 is 0 Å². The Morgan fingerprint density at radius 3 is 1.37 bits per heavy atom. The molecule has 336 valence electrons. The first-order valence-corrected chi connectivity index (χ1v) is 25.2. The molecule has 10 aromatic rings. The molecule has 2 atom stereocenters. The lowest BCUT2D eigenvalue weighted by Crippen LogP contribution is -2.26. The lowest BCUT2D eigenvalue weighted by molar-refractivity contribution is 0.394. The van der Waals surface area contributed by atoms with Gasteiger partial charge in [-0.15, -0.1) is 0 Å². The molecule has 14 rings (SSSR count). The number of hydrogen-bond donors (Lipinski definition) is 0. The van der Waals surface area contributed by atoms with Gasteiger partial charge in [0.25, 0.3) is 0 Å². The summed E-state index contributed by atoms with van der Waals surface area (Å²) < 4.78 is 0. The topological polar surface area (TPSA) is 3.24 Å². The molecule has 0 amide bonds. The summed E-state index contributed by atoms with van der Waals surface area (Å²) in [7, 11) is 0. The minimum absolute atomic E-state index is 0.0551. The molecule has 2 unspecified atom stereocenters. The molecule has 1 heteroatoms. The van der Waals surface area contributed by atoms with Gasteiger partial charge in [0.1, 0.15) is 0 Å². The molecule has 0 saturated carbocycles. The molecule has 10 aromatic carbocycles.